The molecule has 1 atom stereocenters. The van der Waals surface area contributed by atoms with E-state index in [1.54, 1.807) is 0 Å². The van der Waals surface area contributed by atoms with Crippen LogP contribution < -0.4 is 5.32 Å². The van der Waals surface area contributed by atoms with Gasteiger partial charge in [-0.15, -0.1) is 0 Å². The molecule has 1 fully saturated rings. The van der Waals surface area contributed by atoms with Gasteiger partial charge in [0.25, 0.3) is 0 Å². The molecule has 0 aliphatic heterocycles. The van der Waals surface area contributed by atoms with Crippen LogP contribution >= 0.6 is 0 Å². The number of hydrogen-bond donors (Lipinski definition) is 1. The molecule has 1 aromatic rings. The molecule has 0 radical (unpaired) electrons. The molecule has 1 aromatic carbocycles. The van der Waals surface area contributed by atoms with Crippen LogP contribution in [0.1, 0.15) is 69.5 Å². The molecule has 3 heteroatoms. The van der Waals surface area contributed by atoms with E-state index in [0.717, 1.165) is 12.8 Å². The number of hydrogen-bond acceptors (Lipinski definition) is 2. The highest BCUT2D eigenvalue weighted by Gasteiger charge is 2.28. The summed E-state index contributed by atoms with van der Waals surface area (Å²) in [6, 6.07) is 9.79. The fourth-order valence-corrected chi connectivity index (χ4v) is 4.28. The van der Waals surface area contributed by atoms with Crippen LogP contribution in [0.4, 0.5) is 0 Å². The van der Waals surface area contributed by atoms with E-state index < -0.39 is 0 Å². The maximum Gasteiger partial charge on any atom is 0.234 e. The number of fused-ring (bicyclic) bond motifs is 1. The predicted octanol–water partition coefficient (Wildman–Crippen LogP) is 3.83. The van der Waals surface area contributed by atoms with Gasteiger partial charge in [-0.05, 0) is 57.1 Å². The summed E-state index contributed by atoms with van der Waals surface area (Å²) in [5.41, 5.74) is 2.73. The van der Waals surface area contributed by atoms with Crippen molar-refractivity contribution in [3.05, 3.63) is 35.4 Å². The van der Waals surface area contributed by atoms with Crippen molar-refractivity contribution in [2.75, 3.05) is 6.54 Å². The predicted molar refractivity (Wildman–Crippen MR) is 94.4 cm³/mol. The third-order valence-electron chi connectivity index (χ3n) is 5.49. The third kappa shape index (κ3) is 3.95. The van der Waals surface area contributed by atoms with Crippen molar-refractivity contribution in [2.24, 2.45) is 0 Å². The normalized spacial score (nSPS) is 21.7. The average Bonchev–Trinajstić information content (AvgIpc) is 3.07. The number of carbonyl (C=O) groups excluding carboxylic acids is 1. The van der Waals surface area contributed by atoms with Gasteiger partial charge >= 0.3 is 0 Å². The first kappa shape index (κ1) is 16.5. The first-order valence-corrected chi connectivity index (χ1v) is 9.28. The van der Waals surface area contributed by atoms with Crippen molar-refractivity contribution < 1.29 is 4.79 Å². The zero-order valence-electron chi connectivity index (χ0n) is 14.6. The van der Waals surface area contributed by atoms with Crippen molar-refractivity contribution in [3.8, 4) is 0 Å². The molecule has 0 bridgehead atoms. The van der Waals surface area contributed by atoms with Gasteiger partial charge in [-0.3, -0.25) is 9.69 Å². The monoisotopic (exact) mass is 314 g/mol. The standard InChI is InChI=1S/C20H30N2O/c1-15(2)22(17-10-4-5-11-17)14-20(23)21-19-13-7-9-16-8-3-6-12-18(16)19/h3,6,8,12,15,17,19H,4-5,7,9-11,13-14H2,1-2H3,(H,21,23). The van der Waals surface area contributed by atoms with Crippen LogP contribution in [0, 0.1) is 0 Å². The molecule has 0 heterocycles. The number of rotatable bonds is 5. The number of aryl methyl sites for hydroxylation is 1. The van der Waals surface area contributed by atoms with E-state index in [4.69, 9.17) is 0 Å². The Morgan fingerprint density at radius 1 is 1.17 bits per heavy atom. The lowest BCUT2D eigenvalue weighted by Crippen LogP contribution is -2.46. The second-order valence-corrected chi connectivity index (χ2v) is 7.42. The summed E-state index contributed by atoms with van der Waals surface area (Å²) in [5, 5.41) is 3.30. The zero-order valence-corrected chi connectivity index (χ0v) is 14.6. The van der Waals surface area contributed by atoms with E-state index in [1.165, 1.54) is 43.2 Å². The van der Waals surface area contributed by atoms with Crippen LogP contribution in [-0.2, 0) is 11.2 Å². The second kappa shape index (κ2) is 7.48. The number of nitrogens with zero attached hydrogens (tertiary/aromatic N) is 1. The van der Waals surface area contributed by atoms with E-state index in [2.05, 4.69) is 48.3 Å². The van der Waals surface area contributed by atoms with Gasteiger partial charge in [0.1, 0.15) is 0 Å². The summed E-state index contributed by atoms with van der Waals surface area (Å²) in [5.74, 6) is 0.187. The lowest BCUT2D eigenvalue weighted by molar-refractivity contribution is -0.124. The molecule has 1 saturated carbocycles. The molecule has 0 aromatic heterocycles. The van der Waals surface area contributed by atoms with Crippen molar-refractivity contribution >= 4 is 5.91 Å². The highest BCUT2D eigenvalue weighted by molar-refractivity contribution is 5.78. The van der Waals surface area contributed by atoms with Crippen LogP contribution in [0.15, 0.2) is 24.3 Å². The first-order chi connectivity index (χ1) is 11.1. The van der Waals surface area contributed by atoms with Crippen molar-refractivity contribution in [1.29, 1.82) is 0 Å². The average molecular weight is 314 g/mol. The van der Waals surface area contributed by atoms with Gasteiger partial charge < -0.3 is 5.32 Å². The Balaban J connectivity index is 1.63. The Hall–Kier alpha value is -1.35. The van der Waals surface area contributed by atoms with Crippen LogP contribution in [-0.4, -0.2) is 29.4 Å². The Labute approximate surface area is 140 Å². The highest BCUT2D eigenvalue weighted by Crippen LogP contribution is 2.29. The summed E-state index contributed by atoms with van der Waals surface area (Å²) in [6.45, 7) is 4.96. The minimum atomic E-state index is 0.187. The van der Waals surface area contributed by atoms with Gasteiger partial charge in [-0.2, -0.15) is 0 Å². The molecule has 126 valence electrons. The van der Waals surface area contributed by atoms with Crippen molar-refractivity contribution in [2.45, 2.75) is 76.9 Å². The number of carbonyl (C=O) groups is 1. The summed E-state index contributed by atoms with van der Waals surface area (Å²) < 4.78 is 0. The second-order valence-electron chi connectivity index (χ2n) is 7.42. The third-order valence-corrected chi connectivity index (χ3v) is 5.49. The summed E-state index contributed by atoms with van der Waals surface area (Å²) in [7, 11) is 0. The Kier molecular flexibility index (Phi) is 5.37. The molecule has 1 N–H and O–H groups in total. The highest BCUT2D eigenvalue weighted by atomic mass is 16.2. The molecule has 2 aliphatic rings. The lowest BCUT2D eigenvalue weighted by Gasteiger charge is -2.33. The van der Waals surface area contributed by atoms with E-state index in [1.807, 2.05) is 0 Å². The van der Waals surface area contributed by atoms with E-state index in [-0.39, 0.29) is 11.9 Å². The minimum absolute atomic E-state index is 0.187. The van der Waals surface area contributed by atoms with Gasteiger partial charge in [0.05, 0.1) is 12.6 Å². The van der Waals surface area contributed by atoms with Gasteiger partial charge in [-0.25, -0.2) is 0 Å². The van der Waals surface area contributed by atoms with E-state index >= 15 is 0 Å². The Morgan fingerprint density at radius 2 is 1.91 bits per heavy atom. The zero-order chi connectivity index (χ0) is 16.2. The molecule has 1 unspecified atom stereocenters. The van der Waals surface area contributed by atoms with E-state index in [0.29, 0.717) is 18.6 Å². The quantitative estimate of drug-likeness (QED) is 0.896. The molecule has 0 spiro atoms. The van der Waals surface area contributed by atoms with Gasteiger partial charge in [-0.1, -0.05) is 37.1 Å². The summed E-state index contributed by atoms with van der Waals surface area (Å²) in [6.07, 6.45) is 8.49. The fourth-order valence-electron chi connectivity index (χ4n) is 4.28. The largest absolute Gasteiger partial charge is 0.348 e. The van der Waals surface area contributed by atoms with Gasteiger partial charge in [0.2, 0.25) is 5.91 Å². The van der Waals surface area contributed by atoms with Crippen molar-refractivity contribution in [1.82, 2.24) is 10.2 Å². The van der Waals surface area contributed by atoms with Gasteiger partial charge in [0, 0.05) is 12.1 Å². The Morgan fingerprint density at radius 3 is 2.65 bits per heavy atom. The first-order valence-electron chi connectivity index (χ1n) is 9.28. The molecule has 2 aliphatic carbocycles. The number of benzene rings is 1. The number of amides is 1. The maximum absolute atomic E-state index is 12.6. The number of nitrogens with one attached hydrogen (secondary N) is 1. The van der Waals surface area contributed by atoms with Crippen molar-refractivity contribution in [3.63, 3.8) is 0 Å². The molecule has 3 nitrogen and oxygen atoms in total. The van der Waals surface area contributed by atoms with E-state index in [9.17, 15) is 4.79 Å². The van der Waals surface area contributed by atoms with Crippen LogP contribution in [0.25, 0.3) is 0 Å². The fraction of sp³-hybridized carbons (Fsp3) is 0.650. The molecule has 3 rings (SSSR count). The van der Waals surface area contributed by atoms with Crippen LogP contribution in [0.3, 0.4) is 0 Å². The molecular formula is C20H30N2O. The minimum Gasteiger partial charge on any atom is -0.348 e. The Bertz CT molecular complexity index is 534. The van der Waals surface area contributed by atoms with Gasteiger partial charge in [0.15, 0.2) is 0 Å². The topological polar surface area (TPSA) is 32.3 Å². The summed E-state index contributed by atoms with van der Waals surface area (Å²) >= 11 is 0. The lowest BCUT2D eigenvalue weighted by atomic mass is 9.88. The smallest absolute Gasteiger partial charge is 0.234 e. The van der Waals surface area contributed by atoms with Crippen LogP contribution in [0.5, 0.6) is 0 Å². The SMILES string of the molecule is CC(C)N(CC(=O)NC1CCCc2ccccc21)C1CCCC1. The molecule has 23 heavy (non-hydrogen) atoms. The van der Waals surface area contributed by atoms with Crippen LogP contribution in [0.2, 0.25) is 0 Å². The maximum atomic E-state index is 12.6. The molecule has 1 amide bonds. The molecule has 0 saturated heterocycles. The summed E-state index contributed by atoms with van der Waals surface area (Å²) in [4.78, 5) is 15.0. The molecular weight excluding hydrogens is 284 g/mol.